The summed E-state index contributed by atoms with van der Waals surface area (Å²) in [5.41, 5.74) is 1.48. The maximum atomic E-state index is 13.0. The highest BCUT2D eigenvalue weighted by molar-refractivity contribution is 7.89. The molecule has 0 radical (unpaired) electrons. The zero-order valence-electron chi connectivity index (χ0n) is 13.2. The molecule has 1 aliphatic heterocycles. The third kappa shape index (κ3) is 2.51. The molecule has 2 aromatic carbocycles. The monoisotopic (exact) mass is 342 g/mol. The number of aliphatic hydroxyl groups excluding tert-OH is 1. The molecule has 1 heterocycles. The normalized spacial score (nSPS) is 24.1. The summed E-state index contributed by atoms with van der Waals surface area (Å²) in [6, 6.07) is 16.6. The van der Waals surface area contributed by atoms with Gasteiger partial charge in [-0.05, 0) is 24.1 Å². The molecule has 0 bridgehead atoms. The van der Waals surface area contributed by atoms with Gasteiger partial charge in [0, 0.05) is 5.92 Å². The van der Waals surface area contributed by atoms with Gasteiger partial charge >= 0.3 is 0 Å². The number of hydrogen-bond acceptors (Lipinski definition) is 4. The van der Waals surface area contributed by atoms with Crippen molar-refractivity contribution in [3.05, 3.63) is 65.7 Å². The standard InChI is InChI=1S/C18H18N2O3S/c1-13-7-5-6-10-17(13)24(22,23)20-15(11-19)18(16(20)12-21)14-8-3-2-4-9-14/h2-10,15-16,18,21H,12H2,1H3/t15-,16+,18+/m0/s1. The Bertz CT molecular complexity index is 875. The van der Waals surface area contributed by atoms with E-state index in [0.717, 1.165) is 9.87 Å². The molecule has 1 saturated heterocycles. The van der Waals surface area contributed by atoms with Crippen LogP contribution >= 0.6 is 0 Å². The quantitative estimate of drug-likeness (QED) is 0.922. The van der Waals surface area contributed by atoms with Gasteiger partial charge in [-0.15, -0.1) is 0 Å². The molecule has 1 N–H and O–H groups in total. The Labute approximate surface area is 141 Å². The van der Waals surface area contributed by atoms with Crippen LogP contribution in [0.4, 0.5) is 0 Å². The van der Waals surface area contributed by atoms with E-state index in [1.165, 1.54) is 6.07 Å². The van der Waals surface area contributed by atoms with E-state index in [9.17, 15) is 18.8 Å². The highest BCUT2D eigenvalue weighted by atomic mass is 32.2. The van der Waals surface area contributed by atoms with Gasteiger partial charge < -0.3 is 5.11 Å². The fourth-order valence-electron chi connectivity index (χ4n) is 3.33. The van der Waals surface area contributed by atoms with Crippen molar-refractivity contribution < 1.29 is 13.5 Å². The lowest BCUT2D eigenvalue weighted by molar-refractivity contribution is 0.0556. The van der Waals surface area contributed by atoms with Crippen LogP contribution in [0.25, 0.3) is 0 Å². The average molecular weight is 342 g/mol. The minimum absolute atomic E-state index is 0.176. The van der Waals surface area contributed by atoms with E-state index in [0.29, 0.717) is 5.56 Å². The Balaban J connectivity index is 2.03. The molecule has 3 atom stereocenters. The molecule has 24 heavy (non-hydrogen) atoms. The van der Waals surface area contributed by atoms with Crippen molar-refractivity contribution in [2.75, 3.05) is 6.61 Å². The molecule has 0 aromatic heterocycles. The number of aliphatic hydroxyl groups is 1. The molecule has 2 aromatic rings. The van der Waals surface area contributed by atoms with Crippen LogP contribution in [0.15, 0.2) is 59.5 Å². The molecular formula is C18H18N2O3S. The number of nitrogens with zero attached hydrogens (tertiary/aromatic N) is 2. The zero-order chi connectivity index (χ0) is 17.3. The topological polar surface area (TPSA) is 81.4 Å². The summed E-state index contributed by atoms with van der Waals surface area (Å²) >= 11 is 0. The first-order valence-electron chi connectivity index (χ1n) is 7.67. The first-order chi connectivity index (χ1) is 11.5. The third-order valence-electron chi connectivity index (χ3n) is 4.51. The Kier molecular flexibility index (Phi) is 4.41. The predicted molar refractivity (Wildman–Crippen MR) is 89.7 cm³/mol. The van der Waals surface area contributed by atoms with E-state index in [4.69, 9.17) is 0 Å². The van der Waals surface area contributed by atoms with Gasteiger partial charge in [-0.1, -0.05) is 48.5 Å². The van der Waals surface area contributed by atoms with Crippen LogP contribution < -0.4 is 0 Å². The number of benzene rings is 2. The van der Waals surface area contributed by atoms with Crippen LogP contribution in [-0.2, 0) is 10.0 Å². The lowest BCUT2D eigenvalue weighted by atomic mass is 9.78. The lowest BCUT2D eigenvalue weighted by Gasteiger charge is -2.50. The van der Waals surface area contributed by atoms with Crippen LogP contribution in [0.5, 0.6) is 0 Å². The second-order valence-electron chi connectivity index (χ2n) is 5.86. The van der Waals surface area contributed by atoms with E-state index >= 15 is 0 Å². The minimum atomic E-state index is -3.85. The summed E-state index contributed by atoms with van der Waals surface area (Å²) in [6.45, 7) is 1.39. The smallest absolute Gasteiger partial charge is 0.244 e. The molecular weight excluding hydrogens is 324 g/mol. The highest BCUT2D eigenvalue weighted by Gasteiger charge is 2.55. The molecule has 0 amide bonds. The van der Waals surface area contributed by atoms with Crippen LogP contribution in [0.3, 0.4) is 0 Å². The zero-order valence-corrected chi connectivity index (χ0v) is 14.0. The molecule has 3 rings (SSSR count). The van der Waals surface area contributed by atoms with Crippen molar-refractivity contribution in [1.82, 2.24) is 4.31 Å². The Morgan fingerprint density at radius 3 is 2.33 bits per heavy atom. The van der Waals surface area contributed by atoms with Gasteiger partial charge in [0.15, 0.2) is 0 Å². The molecule has 6 heteroatoms. The number of nitriles is 1. The van der Waals surface area contributed by atoms with E-state index in [-0.39, 0.29) is 17.4 Å². The van der Waals surface area contributed by atoms with Gasteiger partial charge in [-0.3, -0.25) is 0 Å². The molecule has 1 aliphatic rings. The van der Waals surface area contributed by atoms with Crippen LogP contribution in [0, 0.1) is 18.3 Å². The lowest BCUT2D eigenvalue weighted by Crippen LogP contribution is -2.65. The maximum Gasteiger partial charge on any atom is 0.244 e. The van der Waals surface area contributed by atoms with Gasteiger partial charge in [0.25, 0.3) is 0 Å². The summed E-state index contributed by atoms with van der Waals surface area (Å²) in [4.78, 5) is 0.176. The molecule has 0 unspecified atom stereocenters. The van der Waals surface area contributed by atoms with Gasteiger partial charge in [-0.2, -0.15) is 9.57 Å². The fraction of sp³-hybridized carbons (Fsp3) is 0.278. The van der Waals surface area contributed by atoms with E-state index < -0.39 is 22.1 Å². The first-order valence-corrected chi connectivity index (χ1v) is 9.11. The van der Waals surface area contributed by atoms with E-state index in [2.05, 4.69) is 6.07 Å². The van der Waals surface area contributed by atoms with Gasteiger partial charge in [0.05, 0.1) is 23.6 Å². The number of hydrogen-bond donors (Lipinski definition) is 1. The first kappa shape index (κ1) is 16.7. The van der Waals surface area contributed by atoms with Crippen molar-refractivity contribution in [1.29, 1.82) is 5.26 Å². The summed E-state index contributed by atoms with van der Waals surface area (Å²) in [7, 11) is -3.85. The number of sulfonamides is 1. The summed E-state index contributed by atoms with van der Waals surface area (Å²) in [5.74, 6) is -0.333. The molecule has 0 saturated carbocycles. The third-order valence-corrected chi connectivity index (χ3v) is 6.58. The van der Waals surface area contributed by atoms with Gasteiger partial charge in [0.1, 0.15) is 6.04 Å². The Morgan fingerprint density at radius 2 is 1.75 bits per heavy atom. The molecule has 1 fully saturated rings. The van der Waals surface area contributed by atoms with Crippen molar-refractivity contribution in [3.63, 3.8) is 0 Å². The average Bonchev–Trinajstić information content (AvgIpc) is 2.55. The van der Waals surface area contributed by atoms with E-state index in [1.54, 1.807) is 25.1 Å². The van der Waals surface area contributed by atoms with Crippen LogP contribution in [0.2, 0.25) is 0 Å². The van der Waals surface area contributed by atoms with Crippen molar-refractivity contribution >= 4 is 10.0 Å². The van der Waals surface area contributed by atoms with Crippen LogP contribution in [-0.4, -0.2) is 36.5 Å². The Morgan fingerprint density at radius 1 is 1.12 bits per heavy atom. The maximum absolute atomic E-state index is 13.0. The van der Waals surface area contributed by atoms with Gasteiger partial charge in [0.2, 0.25) is 10.0 Å². The largest absolute Gasteiger partial charge is 0.395 e. The predicted octanol–water partition coefficient (Wildman–Crippen LogP) is 2.04. The van der Waals surface area contributed by atoms with Crippen molar-refractivity contribution in [2.24, 2.45) is 0 Å². The van der Waals surface area contributed by atoms with Crippen molar-refractivity contribution in [2.45, 2.75) is 29.8 Å². The molecule has 124 valence electrons. The minimum Gasteiger partial charge on any atom is -0.395 e. The van der Waals surface area contributed by atoms with Crippen molar-refractivity contribution in [3.8, 4) is 6.07 Å². The Hall–Kier alpha value is -2.20. The van der Waals surface area contributed by atoms with E-state index in [1.807, 2.05) is 30.3 Å². The van der Waals surface area contributed by atoms with Crippen LogP contribution in [0.1, 0.15) is 17.0 Å². The summed E-state index contributed by atoms with van der Waals surface area (Å²) in [6.07, 6.45) is 0. The SMILES string of the molecule is Cc1ccccc1S(=O)(=O)N1[C@H](CO)[C@H](c2ccccc2)[C@@H]1C#N. The second-order valence-corrected chi connectivity index (χ2v) is 7.67. The molecule has 5 nitrogen and oxygen atoms in total. The summed E-state index contributed by atoms with van der Waals surface area (Å²) in [5, 5.41) is 19.3. The number of aryl methyl sites for hydroxylation is 1. The van der Waals surface area contributed by atoms with Gasteiger partial charge in [-0.25, -0.2) is 8.42 Å². The molecule has 0 spiro atoms. The fourth-order valence-corrected chi connectivity index (χ4v) is 5.31. The molecule has 0 aliphatic carbocycles. The highest BCUT2D eigenvalue weighted by Crippen LogP contribution is 2.44. The number of rotatable bonds is 4. The summed E-state index contributed by atoms with van der Waals surface area (Å²) < 4.78 is 27.2. The second kappa shape index (κ2) is 6.36.